The minimum Gasteiger partial charge on any atom is -0.469 e. The first-order valence-corrected chi connectivity index (χ1v) is 8.30. The predicted molar refractivity (Wildman–Crippen MR) is 87.7 cm³/mol. The first-order chi connectivity index (χ1) is 11.1. The van der Waals surface area contributed by atoms with Crippen LogP contribution in [0.3, 0.4) is 0 Å². The number of amides is 1. The molecule has 4 unspecified atom stereocenters. The van der Waals surface area contributed by atoms with E-state index in [0.717, 1.165) is 24.1 Å². The number of rotatable bonds is 5. The van der Waals surface area contributed by atoms with Gasteiger partial charge in [0.25, 0.3) is 0 Å². The average molecular weight is 316 g/mol. The van der Waals surface area contributed by atoms with Crippen LogP contribution in [-0.4, -0.2) is 25.0 Å². The van der Waals surface area contributed by atoms with Crippen molar-refractivity contribution in [2.24, 2.45) is 23.5 Å². The van der Waals surface area contributed by atoms with E-state index >= 15 is 0 Å². The number of hydrogen-bond donors (Lipinski definition) is 2. The second-order valence-electron chi connectivity index (χ2n) is 6.70. The van der Waals surface area contributed by atoms with Crippen LogP contribution < -0.4 is 11.1 Å². The van der Waals surface area contributed by atoms with Gasteiger partial charge < -0.3 is 15.8 Å². The number of carbonyl (C=O) groups excluding carboxylic acids is 2. The first kappa shape index (κ1) is 16.0. The SMILES string of the molecule is COC(=O)CCc1ccc(NC(=O)C2C3CCC(C3)C2N)cc1. The van der Waals surface area contributed by atoms with Crippen molar-refractivity contribution in [3.8, 4) is 0 Å². The second-order valence-corrected chi connectivity index (χ2v) is 6.70. The molecular weight excluding hydrogens is 292 g/mol. The fourth-order valence-electron chi connectivity index (χ4n) is 4.05. The van der Waals surface area contributed by atoms with Crippen LogP contribution >= 0.6 is 0 Å². The molecule has 0 heterocycles. The monoisotopic (exact) mass is 316 g/mol. The van der Waals surface area contributed by atoms with Gasteiger partial charge in [-0.15, -0.1) is 0 Å². The fraction of sp³-hybridized carbons (Fsp3) is 0.556. The molecule has 0 aromatic heterocycles. The van der Waals surface area contributed by atoms with Gasteiger partial charge in [-0.3, -0.25) is 9.59 Å². The molecule has 4 atom stereocenters. The van der Waals surface area contributed by atoms with Gasteiger partial charge in [0.05, 0.1) is 13.0 Å². The van der Waals surface area contributed by atoms with E-state index in [-0.39, 0.29) is 23.8 Å². The van der Waals surface area contributed by atoms with E-state index in [1.165, 1.54) is 13.5 Å². The van der Waals surface area contributed by atoms with E-state index in [1.807, 2.05) is 24.3 Å². The topological polar surface area (TPSA) is 81.4 Å². The van der Waals surface area contributed by atoms with E-state index in [0.29, 0.717) is 24.7 Å². The minimum absolute atomic E-state index is 0.00748. The van der Waals surface area contributed by atoms with Gasteiger partial charge in [-0.25, -0.2) is 0 Å². The molecule has 1 amide bonds. The number of esters is 1. The summed E-state index contributed by atoms with van der Waals surface area (Å²) in [5.41, 5.74) is 8.05. The third-order valence-electron chi connectivity index (χ3n) is 5.35. The van der Waals surface area contributed by atoms with Crippen molar-refractivity contribution < 1.29 is 14.3 Å². The van der Waals surface area contributed by atoms with Gasteiger partial charge in [0, 0.05) is 18.2 Å². The number of benzene rings is 1. The zero-order valence-corrected chi connectivity index (χ0v) is 13.5. The van der Waals surface area contributed by atoms with Gasteiger partial charge >= 0.3 is 5.97 Å². The molecule has 2 bridgehead atoms. The van der Waals surface area contributed by atoms with E-state index in [4.69, 9.17) is 5.73 Å². The van der Waals surface area contributed by atoms with Crippen LogP contribution in [0.5, 0.6) is 0 Å². The summed E-state index contributed by atoms with van der Waals surface area (Å²) in [6.45, 7) is 0. The maximum absolute atomic E-state index is 12.5. The molecule has 0 radical (unpaired) electrons. The average Bonchev–Trinajstić information content (AvgIpc) is 3.14. The van der Waals surface area contributed by atoms with Crippen molar-refractivity contribution in [1.29, 1.82) is 0 Å². The highest BCUT2D eigenvalue weighted by Crippen LogP contribution is 2.47. The number of aryl methyl sites for hydroxylation is 1. The molecule has 5 nitrogen and oxygen atoms in total. The van der Waals surface area contributed by atoms with Crippen LogP contribution in [-0.2, 0) is 20.7 Å². The quantitative estimate of drug-likeness (QED) is 0.815. The van der Waals surface area contributed by atoms with Crippen molar-refractivity contribution in [3.05, 3.63) is 29.8 Å². The molecule has 1 aromatic rings. The van der Waals surface area contributed by atoms with E-state index in [2.05, 4.69) is 10.1 Å². The zero-order valence-electron chi connectivity index (χ0n) is 13.5. The maximum Gasteiger partial charge on any atom is 0.305 e. The lowest BCUT2D eigenvalue weighted by Crippen LogP contribution is -2.42. The Morgan fingerprint density at radius 3 is 2.52 bits per heavy atom. The largest absolute Gasteiger partial charge is 0.469 e. The molecule has 2 aliphatic rings. The van der Waals surface area contributed by atoms with Gasteiger partial charge in [-0.05, 0) is 55.2 Å². The van der Waals surface area contributed by atoms with E-state index in [1.54, 1.807) is 0 Å². The molecule has 1 aromatic carbocycles. The lowest BCUT2D eigenvalue weighted by Gasteiger charge is -2.27. The number of nitrogens with two attached hydrogens (primary N) is 1. The third kappa shape index (κ3) is 3.39. The van der Waals surface area contributed by atoms with Crippen molar-refractivity contribution in [3.63, 3.8) is 0 Å². The highest BCUT2D eigenvalue weighted by molar-refractivity contribution is 5.93. The van der Waals surface area contributed by atoms with Gasteiger partial charge in [0.1, 0.15) is 0 Å². The molecular formula is C18H24N2O3. The summed E-state index contributed by atoms with van der Waals surface area (Å²) in [4.78, 5) is 23.6. The van der Waals surface area contributed by atoms with Crippen LogP contribution in [0.2, 0.25) is 0 Å². The van der Waals surface area contributed by atoms with Gasteiger partial charge in [-0.1, -0.05) is 12.1 Å². The summed E-state index contributed by atoms with van der Waals surface area (Å²) in [6, 6.07) is 7.62. The summed E-state index contributed by atoms with van der Waals surface area (Å²) < 4.78 is 4.63. The molecule has 124 valence electrons. The summed E-state index contributed by atoms with van der Waals surface area (Å²) in [6.07, 6.45) is 4.40. The molecule has 5 heteroatoms. The number of carbonyl (C=O) groups is 2. The van der Waals surface area contributed by atoms with Crippen LogP contribution in [0.15, 0.2) is 24.3 Å². The highest BCUT2D eigenvalue weighted by Gasteiger charge is 2.49. The molecule has 0 spiro atoms. The standard InChI is InChI=1S/C18H24N2O3/c1-23-15(21)9-4-11-2-7-14(8-3-11)20-18(22)16-12-5-6-13(10-12)17(16)19/h2-3,7-8,12-13,16-17H,4-6,9-10,19H2,1H3,(H,20,22). The maximum atomic E-state index is 12.5. The normalized spacial score (nSPS) is 28.6. The minimum atomic E-state index is -0.215. The molecule has 0 aliphatic heterocycles. The molecule has 3 N–H and O–H groups in total. The molecule has 23 heavy (non-hydrogen) atoms. The summed E-state index contributed by atoms with van der Waals surface area (Å²) in [7, 11) is 1.39. The molecule has 3 rings (SSSR count). The summed E-state index contributed by atoms with van der Waals surface area (Å²) in [5.74, 6) is 0.762. The Balaban J connectivity index is 1.56. The summed E-state index contributed by atoms with van der Waals surface area (Å²) >= 11 is 0. The molecule has 2 saturated carbocycles. The van der Waals surface area contributed by atoms with E-state index in [9.17, 15) is 9.59 Å². The zero-order chi connectivity index (χ0) is 16.4. The van der Waals surface area contributed by atoms with Gasteiger partial charge in [0.15, 0.2) is 0 Å². The highest BCUT2D eigenvalue weighted by atomic mass is 16.5. The number of nitrogens with one attached hydrogen (secondary N) is 1. The molecule has 2 aliphatic carbocycles. The Morgan fingerprint density at radius 1 is 1.22 bits per heavy atom. The Morgan fingerprint density at radius 2 is 1.91 bits per heavy atom. The van der Waals surface area contributed by atoms with E-state index < -0.39 is 0 Å². The van der Waals surface area contributed by atoms with Gasteiger partial charge in [-0.2, -0.15) is 0 Å². The van der Waals surface area contributed by atoms with Crippen molar-refractivity contribution in [2.75, 3.05) is 12.4 Å². The molecule has 2 fully saturated rings. The van der Waals surface area contributed by atoms with Crippen LogP contribution in [0.1, 0.15) is 31.2 Å². The second kappa shape index (κ2) is 6.71. The number of hydrogen-bond acceptors (Lipinski definition) is 4. The Labute approximate surface area is 136 Å². The number of ether oxygens (including phenoxy) is 1. The van der Waals surface area contributed by atoms with Crippen LogP contribution in [0.4, 0.5) is 5.69 Å². The van der Waals surface area contributed by atoms with Crippen molar-refractivity contribution in [1.82, 2.24) is 0 Å². The van der Waals surface area contributed by atoms with Gasteiger partial charge in [0.2, 0.25) is 5.91 Å². The predicted octanol–water partition coefficient (Wildman–Crippen LogP) is 2.10. The van der Waals surface area contributed by atoms with Crippen LogP contribution in [0, 0.1) is 17.8 Å². The first-order valence-electron chi connectivity index (χ1n) is 8.30. The van der Waals surface area contributed by atoms with Crippen molar-refractivity contribution >= 4 is 17.6 Å². The Kier molecular flexibility index (Phi) is 4.66. The molecule has 0 saturated heterocycles. The summed E-state index contributed by atoms with van der Waals surface area (Å²) in [5, 5.41) is 2.99. The fourth-order valence-corrected chi connectivity index (χ4v) is 4.05. The number of methoxy groups -OCH3 is 1. The lowest BCUT2D eigenvalue weighted by molar-refractivity contribution is -0.140. The third-order valence-corrected chi connectivity index (χ3v) is 5.35. The Bertz CT molecular complexity index is 582. The van der Waals surface area contributed by atoms with Crippen LogP contribution in [0.25, 0.3) is 0 Å². The lowest BCUT2D eigenvalue weighted by atomic mass is 9.84. The number of fused-ring (bicyclic) bond motifs is 2. The van der Waals surface area contributed by atoms with Crippen molar-refractivity contribution in [2.45, 2.75) is 38.1 Å². The number of anilines is 1. The Hall–Kier alpha value is -1.88. The smallest absolute Gasteiger partial charge is 0.305 e.